The van der Waals surface area contributed by atoms with E-state index in [1.54, 1.807) is 0 Å². The van der Waals surface area contributed by atoms with E-state index in [2.05, 4.69) is 68.8 Å². The summed E-state index contributed by atoms with van der Waals surface area (Å²) in [4.78, 5) is 16.9. The minimum absolute atomic E-state index is 0.224. The molecule has 0 saturated heterocycles. The molecule has 2 aromatic carbocycles. The minimum Gasteiger partial charge on any atom is -0.422 e. The minimum atomic E-state index is -0.503. The van der Waals surface area contributed by atoms with Gasteiger partial charge in [0.15, 0.2) is 0 Å². The summed E-state index contributed by atoms with van der Waals surface area (Å²) >= 11 is 10.1. The lowest BCUT2D eigenvalue weighted by molar-refractivity contribution is 0.366. The van der Waals surface area contributed by atoms with Gasteiger partial charge in [0.05, 0.1) is 10.4 Å². The first-order valence-corrected chi connectivity index (χ1v) is 12.2. The van der Waals surface area contributed by atoms with Gasteiger partial charge in [-0.25, -0.2) is 4.79 Å². The lowest BCUT2D eigenvalue weighted by atomic mass is 9.77. The number of thiol groups is 2. The van der Waals surface area contributed by atoms with Gasteiger partial charge in [0.2, 0.25) is 0 Å². The lowest BCUT2D eigenvalue weighted by Gasteiger charge is -2.44. The first-order chi connectivity index (χ1) is 15.1. The normalized spacial score (nSPS) is 20.4. The van der Waals surface area contributed by atoms with Gasteiger partial charge < -0.3 is 14.2 Å². The molecule has 4 nitrogen and oxygen atoms in total. The Hall–Kier alpha value is -2.05. The molecule has 0 saturated carbocycles. The third-order valence-electron chi connectivity index (χ3n) is 7.21. The Morgan fingerprint density at radius 1 is 1.09 bits per heavy atom. The standard InChI is InChI=1S/C26H32N2O2S2/c1-6-28(7-2)18-13-12-17-14-19(24(29)30-22(17)15-18)23(31)16-26(32)25(3,4)20-10-8-9-11-21(20)27(26)5/h8-15,23,31-32H,6-7,16H2,1-5H3. The molecule has 0 radical (unpaired) electrons. The van der Waals surface area contributed by atoms with Crippen LogP contribution in [0.5, 0.6) is 0 Å². The number of para-hydroxylation sites is 1. The zero-order chi connectivity index (χ0) is 23.3. The van der Waals surface area contributed by atoms with Crippen molar-refractivity contribution >= 4 is 47.6 Å². The third-order valence-corrected chi connectivity index (χ3v) is 8.71. The molecule has 1 aliphatic rings. The molecule has 2 heterocycles. The third kappa shape index (κ3) is 3.52. The molecule has 0 N–H and O–H groups in total. The van der Waals surface area contributed by atoms with E-state index in [0.717, 1.165) is 24.2 Å². The Morgan fingerprint density at radius 3 is 2.44 bits per heavy atom. The second-order valence-electron chi connectivity index (χ2n) is 9.12. The number of likely N-dealkylation sites (N-methyl/N-ethyl adjacent to an activating group) is 1. The van der Waals surface area contributed by atoms with E-state index in [-0.39, 0.29) is 16.3 Å². The van der Waals surface area contributed by atoms with E-state index in [9.17, 15) is 4.79 Å². The van der Waals surface area contributed by atoms with E-state index >= 15 is 0 Å². The highest BCUT2D eigenvalue weighted by Crippen LogP contribution is 2.56. The highest BCUT2D eigenvalue weighted by molar-refractivity contribution is 7.82. The highest BCUT2D eigenvalue weighted by atomic mass is 32.1. The van der Waals surface area contributed by atoms with Gasteiger partial charge in [0.1, 0.15) is 5.58 Å². The molecule has 0 amide bonds. The summed E-state index contributed by atoms with van der Waals surface area (Å²) in [6.45, 7) is 10.5. The summed E-state index contributed by atoms with van der Waals surface area (Å²) in [5.41, 5.74) is 4.11. The molecular formula is C26H32N2O2S2. The van der Waals surface area contributed by atoms with Gasteiger partial charge in [0, 0.05) is 53.6 Å². The largest absolute Gasteiger partial charge is 0.422 e. The van der Waals surface area contributed by atoms with Crippen molar-refractivity contribution < 1.29 is 4.42 Å². The molecule has 3 aromatic rings. The first kappa shape index (κ1) is 23.1. The van der Waals surface area contributed by atoms with Crippen molar-refractivity contribution in [3.8, 4) is 0 Å². The number of fused-ring (bicyclic) bond motifs is 2. The van der Waals surface area contributed by atoms with Gasteiger partial charge in [0.25, 0.3) is 0 Å². The van der Waals surface area contributed by atoms with Crippen molar-refractivity contribution in [1.29, 1.82) is 0 Å². The quantitative estimate of drug-likeness (QED) is 0.341. The van der Waals surface area contributed by atoms with Crippen LogP contribution < -0.4 is 15.4 Å². The number of hydrogen-bond donors (Lipinski definition) is 2. The van der Waals surface area contributed by atoms with Gasteiger partial charge in [-0.3, -0.25) is 0 Å². The van der Waals surface area contributed by atoms with Crippen LogP contribution in [0, 0.1) is 0 Å². The zero-order valence-electron chi connectivity index (χ0n) is 19.4. The molecule has 6 heteroatoms. The van der Waals surface area contributed by atoms with Crippen molar-refractivity contribution in [1.82, 2.24) is 0 Å². The van der Waals surface area contributed by atoms with E-state index in [1.165, 1.54) is 11.3 Å². The van der Waals surface area contributed by atoms with Gasteiger partial charge in [-0.05, 0) is 50.1 Å². The van der Waals surface area contributed by atoms with Crippen LogP contribution in [0.4, 0.5) is 11.4 Å². The molecule has 2 atom stereocenters. The van der Waals surface area contributed by atoms with Crippen LogP contribution in [-0.4, -0.2) is 25.0 Å². The van der Waals surface area contributed by atoms with Crippen molar-refractivity contribution in [2.24, 2.45) is 0 Å². The molecule has 4 rings (SSSR count). The molecule has 0 spiro atoms. The monoisotopic (exact) mass is 468 g/mol. The Morgan fingerprint density at radius 2 is 1.78 bits per heavy atom. The second kappa shape index (κ2) is 8.38. The van der Waals surface area contributed by atoms with Crippen LogP contribution in [0.25, 0.3) is 11.0 Å². The zero-order valence-corrected chi connectivity index (χ0v) is 21.2. The highest BCUT2D eigenvalue weighted by Gasteiger charge is 2.54. The molecule has 0 bridgehead atoms. The van der Waals surface area contributed by atoms with E-state index < -0.39 is 4.87 Å². The van der Waals surface area contributed by atoms with E-state index in [4.69, 9.17) is 29.7 Å². The maximum Gasteiger partial charge on any atom is 0.340 e. The van der Waals surface area contributed by atoms with Crippen LogP contribution in [0.2, 0.25) is 0 Å². The molecule has 2 unspecified atom stereocenters. The van der Waals surface area contributed by atoms with Gasteiger partial charge >= 0.3 is 5.63 Å². The molecule has 32 heavy (non-hydrogen) atoms. The predicted octanol–water partition coefficient (Wildman–Crippen LogP) is 6.05. The van der Waals surface area contributed by atoms with Crippen LogP contribution in [0.3, 0.4) is 0 Å². The van der Waals surface area contributed by atoms with E-state index in [1.807, 2.05) is 24.3 Å². The summed E-state index contributed by atoms with van der Waals surface area (Å²) in [7, 11) is 2.07. The number of hydrogen-bond acceptors (Lipinski definition) is 6. The summed E-state index contributed by atoms with van der Waals surface area (Å²) in [6, 6.07) is 16.4. The van der Waals surface area contributed by atoms with Gasteiger partial charge in [-0.1, -0.05) is 32.0 Å². The fourth-order valence-corrected chi connectivity index (χ4v) is 6.03. The summed E-state index contributed by atoms with van der Waals surface area (Å²) in [6.07, 6.45) is 0.588. The smallest absolute Gasteiger partial charge is 0.340 e. The van der Waals surface area contributed by atoms with Crippen LogP contribution in [0.15, 0.2) is 57.7 Å². The number of anilines is 2. The molecule has 1 aliphatic heterocycles. The number of rotatable bonds is 6. The summed E-state index contributed by atoms with van der Waals surface area (Å²) in [5, 5.41) is 0.594. The fourth-order valence-electron chi connectivity index (χ4n) is 5.03. The van der Waals surface area contributed by atoms with Crippen molar-refractivity contribution in [3.05, 3.63) is 70.1 Å². The molecule has 1 aromatic heterocycles. The van der Waals surface area contributed by atoms with E-state index in [0.29, 0.717) is 17.6 Å². The predicted molar refractivity (Wildman–Crippen MR) is 142 cm³/mol. The first-order valence-electron chi connectivity index (χ1n) is 11.2. The average Bonchev–Trinajstić information content (AvgIpc) is 2.92. The van der Waals surface area contributed by atoms with Crippen molar-refractivity contribution in [2.75, 3.05) is 29.9 Å². The van der Waals surface area contributed by atoms with Crippen molar-refractivity contribution in [2.45, 2.75) is 49.7 Å². The number of nitrogens with zero attached hydrogens (tertiary/aromatic N) is 2. The Labute approximate surface area is 201 Å². The summed E-state index contributed by atoms with van der Waals surface area (Å²) < 4.78 is 5.76. The molecular weight excluding hydrogens is 436 g/mol. The molecule has 170 valence electrons. The average molecular weight is 469 g/mol. The SMILES string of the molecule is CCN(CC)c1ccc2cc(C(S)CC3(S)N(C)c4ccccc4C3(C)C)c(=O)oc2c1. The van der Waals surface area contributed by atoms with Crippen LogP contribution in [0.1, 0.15) is 50.5 Å². The van der Waals surface area contributed by atoms with Gasteiger partial charge in [-0.2, -0.15) is 25.3 Å². The van der Waals surface area contributed by atoms with Crippen LogP contribution >= 0.6 is 25.3 Å². The number of benzene rings is 2. The maximum atomic E-state index is 13.0. The fraction of sp³-hybridized carbons (Fsp3) is 0.423. The lowest BCUT2D eigenvalue weighted by Crippen LogP contribution is -2.50. The second-order valence-corrected chi connectivity index (χ2v) is 10.5. The molecule has 0 fully saturated rings. The van der Waals surface area contributed by atoms with Gasteiger partial charge in [-0.15, -0.1) is 0 Å². The maximum absolute atomic E-state index is 13.0. The Balaban J connectivity index is 1.68. The van der Waals surface area contributed by atoms with Crippen molar-refractivity contribution in [3.63, 3.8) is 0 Å². The topological polar surface area (TPSA) is 36.7 Å². The summed E-state index contributed by atoms with van der Waals surface area (Å²) in [5.74, 6) is 0. The van der Waals surface area contributed by atoms with Crippen LogP contribution in [-0.2, 0) is 5.41 Å². The molecule has 0 aliphatic carbocycles. The Bertz CT molecular complexity index is 1200. The Kier molecular flexibility index (Phi) is 6.05.